The van der Waals surface area contributed by atoms with Crippen LogP contribution in [0, 0.1) is 51.2 Å². The molecule has 0 saturated heterocycles. The molecule has 0 amide bonds. The van der Waals surface area contributed by atoms with Gasteiger partial charge in [0, 0.05) is 0 Å². The monoisotopic (exact) mass is 408 g/mol. The van der Waals surface area contributed by atoms with Crippen molar-refractivity contribution in [3.05, 3.63) is 0 Å². The highest BCUT2D eigenvalue weighted by atomic mass is 14.5. The molecular formula is C29H60. The minimum atomic E-state index is 0.357. The first-order valence-corrected chi connectivity index (χ1v) is 12.9. The molecule has 0 radical (unpaired) electrons. The molecule has 0 N–H and O–H groups in total. The van der Waals surface area contributed by atoms with Crippen LogP contribution in [0.3, 0.4) is 0 Å². The van der Waals surface area contributed by atoms with Crippen molar-refractivity contribution in [2.24, 2.45) is 51.2 Å². The fourth-order valence-corrected chi connectivity index (χ4v) is 6.65. The van der Waals surface area contributed by atoms with E-state index in [0.29, 0.717) is 27.6 Å². The summed E-state index contributed by atoms with van der Waals surface area (Å²) >= 11 is 0. The summed E-state index contributed by atoms with van der Waals surface area (Å²) in [6.07, 6.45) is 6.64. The third-order valence-corrected chi connectivity index (χ3v) is 9.22. The van der Waals surface area contributed by atoms with Crippen LogP contribution in [0.15, 0.2) is 0 Å². The molecule has 0 aromatic carbocycles. The molecule has 0 saturated carbocycles. The Hall–Kier alpha value is 0. The standard InChI is InChI=1S/C29H60/c1-16-18-25(27(10,11)12)29(15,22(5)17-2)24(21(3)4)19-20-28(13,14)23(6)26(7,8)9/h21-25H,16-20H2,1-15H3. The van der Waals surface area contributed by atoms with Gasteiger partial charge in [-0.2, -0.15) is 0 Å². The van der Waals surface area contributed by atoms with E-state index in [0.717, 1.165) is 23.7 Å². The van der Waals surface area contributed by atoms with Crippen LogP contribution in [0.25, 0.3) is 0 Å². The van der Waals surface area contributed by atoms with E-state index in [1.807, 2.05) is 0 Å². The van der Waals surface area contributed by atoms with E-state index in [4.69, 9.17) is 0 Å². The van der Waals surface area contributed by atoms with Crippen molar-refractivity contribution in [1.82, 2.24) is 0 Å². The minimum absolute atomic E-state index is 0.357. The van der Waals surface area contributed by atoms with Crippen molar-refractivity contribution < 1.29 is 0 Å². The van der Waals surface area contributed by atoms with Crippen LogP contribution in [-0.4, -0.2) is 0 Å². The SMILES string of the molecule is CCCC(C(C)(C)C)C(C)(C(C)CC)C(CCC(C)(C)C(C)C(C)(C)C)C(C)C. The molecule has 0 heteroatoms. The molecule has 0 aliphatic rings. The lowest BCUT2D eigenvalue weighted by Gasteiger charge is -2.55. The Labute approximate surface area is 187 Å². The maximum Gasteiger partial charge on any atom is -0.0236 e. The minimum Gasteiger partial charge on any atom is -0.0654 e. The van der Waals surface area contributed by atoms with E-state index in [-0.39, 0.29) is 0 Å². The van der Waals surface area contributed by atoms with Gasteiger partial charge < -0.3 is 0 Å². The topological polar surface area (TPSA) is 0 Å². The molecule has 0 rings (SSSR count). The zero-order chi connectivity index (χ0) is 23.4. The molecule has 0 heterocycles. The van der Waals surface area contributed by atoms with Gasteiger partial charge >= 0.3 is 0 Å². The molecule has 29 heavy (non-hydrogen) atoms. The molecule has 0 bridgehead atoms. The van der Waals surface area contributed by atoms with Crippen LogP contribution in [0.1, 0.15) is 136 Å². The average Bonchev–Trinajstić information content (AvgIpc) is 2.55. The summed E-state index contributed by atoms with van der Waals surface area (Å²) in [5, 5.41) is 0. The summed E-state index contributed by atoms with van der Waals surface area (Å²) < 4.78 is 0. The molecular weight excluding hydrogens is 348 g/mol. The van der Waals surface area contributed by atoms with Gasteiger partial charge in [0.15, 0.2) is 0 Å². The largest absolute Gasteiger partial charge is 0.0654 e. The molecule has 0 aromatic heterocycles. The third-order valence-electron chi connectivity index (χ3n) is 9.22. The first-order chi connectivity index (χ1) is 12.9. The zero-order valence-electron chi connectivity index (χ0n) is 23.4. The van der Waals surface area contributed by atoms with Gasteiger partial charge in [0.2, 0.25) is 0 Å². The molecule has 0 aliphatic carbocycles. The van der Waals surface area contributed by atoms with Crippen LogP contribution in [0.2, 0.25) is 0 Å². The maximum absolute atomic E-state index is 2.68. The van der Waals surface area contributed by atoms with Crippen LogP contribution in [-0.2, 0) is 0 Å². The van der Waals surface area contributed by atoms with Crippen molar-refractivity contribution in [3.8, 4) is 0 Å². The molecule has 0 aliphatic heterocycles. The van der Waals surface area contributed by atoms with E-state index in [2.05, 4.69) is 104 Å². The average molecular weight is 409 g/mol. The Kier molecular flexibility index (Phi) is 10.5. The van der Waals surface area contributed by atoms with Gasteiger partial charge in [0.25, 0.3) is 0 Å². The lowest BCUT2D eigenvalue weighted by molar-refractivity contribution is -0.0634. The van der Waals surface area contributed by atoms with Crippen molar-refractivity contribution in [2.75, 3.05) is 0 Å². The first kappa shape index (κ1) is 29.0. The van der Waals surface area contributed by atoms with E-state index < -0.39 is 0 Å². The fourth-order valence-electron chi connectivity index (χ4n) is 6.65. The lowest BCUT2D eigenvalue weighted by atomic mass is 9.50. The molecule has 5 atom stereocenters. The Bertz CT molecular complexity index is 455. The summed E-state index contributed by atoms with van der Waals surface area (Å²) in [6, 6.07) is 0. The highest BCUT2D eigenvalue weighted by Crippen LogP contribution is 2.57. The van der Waals surface area contributed by atoms with E-state index in [1.54, 1.807) is 0 Å². The summed E-state index contributed by atoms with van der Waals surface area (Å²) in [5.74, 6) is 3.75. The molecule has 176 valence electrons. The van der Waals surface area contributed by atoms with Gasteiger partial charge in [-0.15, -0.1) is 0 Å². The second-order valence-corrected chi connectivity index (χ2v) is 13.8. The van der Waals surface area contributed by atoms with Crippen LogP contribution in [0.4, 0.5) is 0 Å². The second-order valence-electron chi connectivity index (χ2n) is 13.8. The normalized spacial score (nSPS) is 20.3. The predicted octanol–water partition coefficient (Wildman–Crippen LogP) is 10.3. The number of hydrogen-bond donors (Lipinski definition) is 0. The summed E-state index contributed by atoms with van der Waals surface area (Å²) in [6.45, 7) is 37.3. The van der Waals surface area contributed by atoms with Gasteiger partial charge in [-0.25, -0.2) is 0 Å². The van der Waals surface area contributed by atoms with Crippen LogP contribution in [0.5, 0.6) is 0 Å². The highest BCUT2D eigenvalue weighted by Gasteiger charge is 2.49. The van der Waals surface area contributed by atoms with E-state index in [9.17, 15) is 0 Å². The van der Waals surface area contributed by atoms with Gasteiger partial charge in [-0.05, 0) is 70.5 Å². The van der Waals surface area contributed by atoms with Crippen molar-refractivity contribution in [1.29, 1.82) is 0 Å². The molecule has 0 spiro atoms. The van der Waals surface area contributed by atoms with E-state index in [1.165, 1.54) is 32.1 Å². The Balaban J connectivity index is 6.09. The molecule has 0 fully saturated rings. The predicted molar refractivity (Wildman–Crippen MR) is 135 cm³/mol. The molecule has 5 unspecified atom stereocenters. The number of hydrogen-bond acceptors (Lipinski definition) is 0. The quantitative estimate of drug-likeness (QED) is 0.319. The van der Waals surface area contributed by atoms with Crippen molar-refractivity contribution >= 4 is 0 Å². The zero-order valence-corrected chi connectivity index (χ0v) is 23.4. The van der Waals surface area contributed by atoms with Gasteiger partial charge in [-0.1, -0.05) is 117 Å². The Morgan fingerprint density at radius 3 is 1.45 bits per heavy atom. The van der Waals surface area contributed by atoms with Crippen LogP contribution < -0.4 is 0 Å². The van der Waals surface area contributed by atoms with Gasteiger partial charge in [0.1, 0.15) is 0 Å². The summed E-state index contributed by atoms with van der Waals surface area (Å²) in [7, 11) is 0. The summed E-state index contributed by atoms with van der Waals surface area (Å²) in [5.41, 5.74) is 1.49. The van der Waals surface area contributed by atoms with Gasteiger partial charge in [-0.3, -0.25) is 0 Å². The molecule has 0 aromatic rings. The maximum atomic E-state index is 2.68. The fraction of sp³-hybridized carbons (Fsp3) is 1.00. The number of rotatable bonds is 11. The smallest absolute Gasteiger partial charge is 0.0236 e. The highest BCUT2D eigenvalue weighted by molar-refractivity contribution is 4.98. The Morgan fingerprint density at radius 2 is 1.14 bits per heavy atom. The van der Waals surface area contributed by atoms with Crippen molar-refractivity contribution in [2.45, 2.75) is 136 Å². The second kappa shape index (κ2) is 10.5. The first-order valence-electron chi connectivity index (χ1n) is 12.9. The van der Waals surface area contributed by atoms with Crippen LogP contribution >= 0.6 is 0 Å². The van der Waals surface area contributed by atoms with E-state index >= 15 is 0 Å². The Morgan fingerprint density at radius 1 is 0.655 bits per heavy atom. The lowest BCUT2D eigenvalue weighted by Crippen LogP contribution is -2.48. The third kappa shape index (κ3) is 7.28. The molecule has 0 nitrogen and oxygen atoms in total. The van der Waals surface area contributed by atoms with Crippen molar-refractivity contribution in [3.63, 3.8) is 0 Å². The summed E-state index contributed by atoms with van der Waals surface area (Å²) in [4.78, 5) is 0. The van der Waals surface area contributed by atoms with Gasteiger partial charge in [0.05, 0.1) is 0 Å².